The summed E-state index contributed by atoms with van der Waals surface area (Å²) in [6, 6.07) is 5.40. The maximum atomic E-state index is 13.4. The number of aromatic nitrogens is 2. The molecule has 0 aliphatic rings. The fourth-order valence-corrected chi connectivity index (χ4v) is 5.75. The van der Waals surface area contributed by atoms with E-state index in [9.17, 15) is 14.4 Å². The molecular formula is C25H25N3O6S2. The molecule has 0 atom stereocenters. The molecule has 0 bridgehead atoms. The molecule has 0 unspecified atom stereocenters. The molecule has 0 aliphatic carbocycles. The lowest BCUT2D eigenvalue weighted by Crippen LogP contribution is -2.28. The molecule has 3 heterocycles. The number of fused-ring (bicyclic) bond motifs is 1. The molecule has 9 nitrogen and oxygen atoms in total. The Morgan fingerprint density at radius 2 is 1.89 bits per heavy atom. The fraction of sp³-hybridized carbons (Fsp3) is 0.280. The minimum absolute atomic E-state index is 0.227. The smallest absolute Gasteiger partial charge is 0.341 e. The average Bonchev–Trinajstić information content (AvgIpc) is 3.41. The van der Waals surface area contributed by atoms with Gasteiger partial charge in [-0.25, -0.2) is 9.78 Å². The van der Waals surface area contributed by atoms with Crippen LogP contribution in [0.5, 0.6) is 11.5 Å². The molecule has 0 radical (unpaired) electrons. The molecule has 36 heavy (non-hydrogen) atoms. The summed E-state index contributed by atoms with van der Waals surface area (Å²) in [6.07, 6.45) is 1.36. The zero-order chi connectivity index (χ0) is 26.0. The van der Waals surface area contributed by atoms with E-state index in [1.54, 1.807) is 33.3 Å². The predicted octanol–water partition coefficient (Wildman–Crippen LogP) is 4.64. The van der Waals surface area contributed by atoms with Crippen LogP contribution in [-0.2, 0) is 16.1 Å². The SMILES string of the molecule is CCOC(=O)c1c(NC(=O)Cn2cnc3scc(-c4ccc(OC)c(OC)c4)c3c2=O)sc(C)c1C. The molecule has 0 fully saturated rings. The van der Waals surface area contributed by atoms with Crippen LogP contribution in [0.4, 0.5) is 5.00 Å². The Morgan fingerprint density at radius 3 is 2.58 bits per heavy atom. The van der Waals surface area contributed by atoms with E-state index in [0.29, 0.717) is 37.8 Å². The lowest BCUT2D eigenvalue weighted by Gasteiger charge is -2.10. The van der Waals surface area contributed by atoms with E-state index >= 15 is 0 Å². The van der Waals surface area contributed by atoms with Crippen molar-refractivity contribution >= 4 is 49.8 Å². The lowest BCUT2D eigenvalue weighted by atomic mass is 10.1. The number of nitrogens with zero attached hydrogens (tertiary/aromatic N) is 2. The number of methoxy groups -OCH3 is 2. The number of carbonyl (C=O) groups is 2. The molecule has 3 aromatic heterocycles. The standard InChI is InChI=1S/C25H25N3O6S2/c1-6-34-25(31)20-13(2)14(3)36-23(20)27-19(29)10-28-12-26-22-21(24(28)30)16(11-35-22)15-7-8-17(32-4)18(9-15)33-5/h7-9,11-12H,6,10H2,1-5H3,(H,27,29). The Balaban J connectivity index is 1.65. The van der Waals surface area contributed by atoms with Gasteiger partial charge in [-0.3, -0.25) is 14.2 Å². The van der Waals surface area contributed by atoms with Gasteiger partial charge in [0.1, 0.15) is 16.4 Å². The van der Waals surface area contributed by atoms with Gasteiger partial charge in [0, 0.05) is 15.8 Å². The van der Waals surface area contributed by atoms with Crippen LogP contribution in [-0.4, -0.2) is 42.3 Å². The molecule has 0 saturated heterocycles. The van der Waals surface area contributed by atoms with Crippen molar-refractivity contribution in [2.24, 2.45) is 0 Å². The highest BCUT2D eigenvalue weighted by Crippen LogP contribution is 2.36. The van der Waals surface area contributed by atoms with Crippen molar-refractivity contribution < 1.29 is 23.8 Å². The normalized spacial score (nSPS) is 10.9. The number of rotatable bonds is 8. The van der Waals surface area contributed by atoms with Gasteiger partial charge in [-0.1, -0.05) is 6.07 Å². The van der Waals surface area contributed by atoms with Gasteiger partial charge in [-0.2, -0.15) is 0 Å². The third-order valence-corrected chi connectivity index (χ3v) is 7.70. The molecule has 0 saturated carbocycles. The summed E-state index contributed by atoms with van der Waals surface area (Å²) in [5.41, 5.74) is 2.21. The minimum Gasteiger partial charge on any atom is -0.493 e. The Morgan fingerprint density at radius 1 is 1.14 bits per heavy atom. The lowest BCUT2D eigenvalue weighted by molar-refractivity contribution is -0.116. The van der Waals surface area contributed by atoms with E-state index in [-0.39, 0.29) is 18.7 Å². The molecule has 1 amide bonds. The summed E-state index contributed by atoms with van der Waals surface area (Å²) < 4.78 is 17.1. The monoisotopic (exact) mass is 527 g/mol. The molecule has 0 spiro atoms. The quantitative estimate of drug-likeness (QED) is 0.333. The Bertz CT molecular complexity index is 1520. The Hall–Kier alpha value is -3.70. The molecule has 4 rings (SSSR count). The van der Waals surface area contributed by atoms with Gasteiger partial charge in [0.25, 0.3) is 5.56 Å². The van der Waals surface area contributed by atoms with E-state index in [2.05, 4.69) is 10.3 Å². The second-order valence-electron chi connectivity index (χ2n) is 7.83. The highest BCUT2D eigenvalue weighted by atomic mass is 32.1. The van der Waals surface area contributed by atoms with E-state index < -0.39 is 11.9 Å². The first kappa shape index (κ1) is 25.4. The third kappa shape index (κ3) is 4.71. The van der Waals surface area contributed by atoms with Crippen molar-refractivity contribution in [1.29, 1.82) is 0 Å². The number of amides is 1. The number of carbonyl (C=O) groups excluding carboxylic acids is 2. The molecule has 4 aromatic rings. The second kappa shape index (κ2) is 10.5. The first-order chi connectivity index (χ1) is 17.3. The number of aryl methyl sites for hydroxylation is 1. The number of nitrogens with one attached hydrogen (secondary N) is 1. The summed E-state index contributed by atoms with van der Waals surface area (Å²) in [5, 5.41) is 5.44. The number of ether oxygens (including phenoxy) is 3. The molecular weight excluding hydrogens is 502 g/mol. The van der Waals surface area contributed by atoms with Crippen LogP contribution in [0, 0.1) is 13.8 Å². The van der Waals surface area contributed by atoms with Crippen LogP contribution >= 0.6 is 22.7 Å². The zero-order valence-corrected chi connectivity index (χ0v) is 22.1. The molecule has 188 valence electrons. The van der Waals surface area contributed by atoms with Gasteiger partial charge in [-0.05, 0) is 44.0 Å². The highest BCUT2D eigenvalue weighted by Gasteiger charge is 2.23. The molecule has 1 aromatic carbocycles. The minimum atomic E-state index is -0.493. The van der Waals surface area contributed by atoms with Crippen molar-refractivity contribution in [3.8, 4) is 22.6 Å². The van der Waals surface area contributed by atoms with Crippen LogP contribution in [0.3, 0.4) is 0 Å². The average molecular weight is 528 g/mol. The summed E-state index contributed by atoms with van der Waals surface area (Å²) in [7, 11) is 3.10. The first-order valence-electron chi connectivity index (χ1n) is 11.0. The van der Waals surface area contributed by atoms with E-state index in [0.717, 1.165) is 16.0 Å². The molecule has 1 N–H and O–H groups in total. The van der Waals surface area contributed by atoms with Crippen LogP contribution in [0.15, 0.2) is 34.7 Å². The predicted molar refractivity (Wildman–Crippen MR) is 141 cm³/mol. The van der Waals surface area contributed by atoms with Crippen LogP contribution in [0.25, 0.3) is 21.3 Å². The van der Waals surface area contributed by atoms with Gasteiger partial charge in [-0.15, -0.1) is 22.7 Å². The maximum absolute atomic E-state index is 13.4. The summed E-state index contributed by atoms with van der Waals surface area (Å²) in [4.78, 5) is 44.6. The summed E-state index contributed by atoms with van der Waals surface area (Å²) >= 11 is 2.64. The first-order valence-corrected chi connectivity index (χ1v) is 12.7. The second-order valence-corrected chi connectivity index (χ2v) is 9.92. The molecule has 0 aliphatic heterocycles. The number of esters is 1. The van der Waals surface area contributed by atoms with Crippen molar-refractivity contribution in [1.82, 2.24) is 9.55 Å². The van der Waals surface area contributed by atoms with Gasteiger partial charge < -0.3 is 19.5 Å². The maximum Gasteiger partial charge on any atom is 0.341 e. The topological polar surface area (TPSA) is 109 Å². The van der Waals surface area contributed by atoms with Crippen molar-refractivity contribution in [2.45, 2.75) is 27.3 Å². The van der Waals surface area contributed by atoms with Crippen molar-refractivity contribution in [3.63, 3.8) is 0 Å². The van der Waals surface area contributed by atoms with E-state index in [1.165, 1.54) is 33.6 Å². The molecule has 11 heteroatoms. The Labute approximate surface area is 215 Å². The van der Waals surface area contributed by atoms with E-state index in [4.69, 9.17) is 14.2 Å². The van der Waals surface area contributed by atoms with Crippen LogP contribution in [0.1, 0.15) is 27.7 Å². The number of anilines is 1. The Kier molecular flexibility index (Phi) is 7.41. The zero-order valence-electron chi connectivity index (χ0n) is 20.5. The summed E-state index contributed by atoms with van der Waals surface area (Å²) in [5.74, 6) is 0.173. The third-order valence-electron chi connectivity index (χ3n) is 5.69. The highest BCUT2D eigenvalue weighted by molar-refractivity contribution is 7.17. The van der Waals surface area contributed by atoms with Crippen molar-refractivity contribution in [2.75, 3.05) is 26.1 Å². The van der Waals surface area contributed by atoms with Gasteiger partial charge in [0.2, 0.25) is 5.91 Å². The number of hydrogen-bond acceptors (Lipinski definition) is 9. The largest absolute Gasteiger partial charge is 0.493 e. The fourth-order valence-electron chi connectivity index (χ4n) is 3.78. The van der Waals surface area contributed by atoms with Crippen molar-refractivity contribution in [3.05, 3.63) is 56.3 Å². The number of hydrogen-bond donors (Lipinski definition) is 1. The van der Waals surface area contributed by atoms with Gasteiger partial charge in [0.15, 0.2) is 11.5 Å². The summed E-state index contributed by atoms with van der Waals surface area (Å²) in [6.45, 7) is 5.36. The van der Waals surface area contributed by atoms with Gasteiger partial charge in [0.05, 0.1) is 38.1 Å². The van der Waals surface area contributed by atoms with Crippen LogP contribution in [0.2, 0.25) is 0 Å². The number of benzene rings is 1. The number of thiophene rings is 2. The van der Waals surface area contributed by atoms with Crippen LogP contribution < -0.4 is 20.3 Å². The van der Waals surface area contributed by atoms with E-state index in [1.807, 2.05) is 25.3 Å². The van der Waals surface area contributed by atoms with Gasteiger partial charge >= 0.3 is 5.97 Å².